The number of hydrogen-bond acceptors (Lipinski definition) is 2. The van der Waals surface area contributed by atoms with Crippen LogP contribution in [0.2, 0.25) is 10.0 Å². The summed E-state index contributed by atoms with van der Waals surface area (Å²) in [7, 11) is 0. The highest BCUT2D eigenvalue weighted by atomic mass is 79.9. The molecule has 2 N–H and O–H groups in total. The van der Waals surface area contributed by atoms with Gasteiger partial charge in [0.15, 0.2) is 0 Å². The van der Waals surface area contributed by atoms with Crippen molar-refractivity contribution in [2.45, 2.75) is 18.9 Å². The number of ether oxygens (including phenoxy) is 1. The van der Waals surface area contributed by atoms with Gasteiger partial charge in [-0.15, -0.1) is 0 Å². The lowest BCUT2D eigenvalue weighted by atomic mass is 9.97. The summed E-state index contributed by atoms with van der Waals surface area (Å²) in [5.74, 6) is 0.944. The Morgan fingerprint density at radius 3 is 2.76 bits per heavy atom. The quantitative estimate of drug-likeness (QED) is 0.811. The van der Waals surface area contributed by atoms with Gasteiger partial charge in [-0.3, -0.25) is 0 Å². The Bertz CT molecular complexity index is 690. The first-order valence-corrected chi connectivity index (χ1v) is 8.24. The minimum Gasteiger partial charge on any atom is -0.493 e. The maximum atomic E-state index is 6.35. The summed E-state index contributed by atoms with van der Waals surface area (Å²) in [5, 5.41) is 1.42. The minimum absolute atomic E-state index is 0.150. The standard InChI is InChI=1S/C16H14BrCl2NO/c17-14-8-11(18)1-2-13(14)15(20)7-10-6-12(19)5-9-3-4-21-16(9)10/h1-2,5-6,8,15H,3-4,7,20H2. The molecule has 2 nitrogen and oxygen atoms in total. The van der Waals surface area contributed by atoms with E-state index in [4.69, 9.17) is 33.7 Å². The molecule has 0 saturated heterocycles. The van der Waals surface area contributed by atoms with Crippen LogP contribution < -0.4 is 10.5 Å². The summed E-state index contributed by atoms with van der Waals surface area (Å²) in [6.45, 7) is 0.711. The molecule has 2 aromatic rings. The van der Waals surface area contributed by atoms with Crippen molar-refractivity contribution < 1.29 is 4.74 Å². The highest BCUT2D eigenvalue weighted by Crippen LogP contribution is 2.36. The molecule has 0 aliphatic carbocycles. The van der Waals surface area contributed by atoms with Gasteiger partial charge in [-0.25, -0.2) is 0 Å². The SMILES string of the molecule is NC(Cc1cc(Cl)cc2c1OCC2)c1ccc(Cl)cc1Br. The molecule has 1 heterocycles. The zero-order valence-electron chi connectivity index (χ0n) is 11.2. The van der Waals surface area contributed by atoms with Crippen molar-refractivity contribution in [3.63, 3.8) is 0 Å². The molecular weight excluding hydrogens is 373 g/mol. The molecule has 0 fully saturated rings. The molecule has 1 unspecified atom stereocenters. The van der Waals surface area contributed by atoms with Crippen molar-refractivity contribution in [3.8, 4) is 5.75 Å². The molecule has 0 bridgehead atoms. The Labute approximate surface area is 142 Å². The van der Waals surface area contributed by atoms with Crippen LogP contribution in [0.3, 0.4) is 0 Å². The monoisotopic (exact) mass is 385 g/mol. The number of benzene rings is 2. The molecule has 21 heavy (non-hydrogen) atoms. The van der Waals surface area contributed by atoms with E-state index in [0.29, 0.717) is 18.1 Å². The molecule has 110 valence electrons. The number of fused-ring (bicyclic) bond motifs is 1. The van der Waals surface area contributed by atoms with Gasteiger partial charge >= 0.3 is 0 Å². The Morgan fingerprint density at radius 1 is 1.19 bits per heavy atom. The van der Waals surface area contributed by atoms with Crippen LogP contribution in [0.4, 0.5) is 0 Å². The molecule has 1 aliphatic rings. The van der Waals surface area contributed by atoms with Gasteiger partial charge in [-0.05, 0) is 47.4 Å². The maximum Gasteiger partial charge on any atom is 0.125 e. The third-order valence-corrected chi connectivity index (χ3v) is 4.77. The fourth-order valence-electron chi connectivity index (χ4n) is 2.65. The van der Waals surface area contributed by atoms with Crippen molar-refractivity contribution in [2.24, 2.45) is 5.73 Å². The lowest BCUT2D eigenvalue weighted by Gasteiger charge is -2.16. The first-order valence-electron chi connectivity index (χ1n) is 6.69. The average Bonchev–Trinajstić information content (AvgIpc) is 2.86. The van der Waals surface area contributed by atoms with Crippen LogP contribution in [0.1, 0.15) is 22.7 Å². The van der Waals surface area contributed by atoms with Gasteiger partial charge in [-0.2, -0.15) is 0 Å². The Balaban J connectivity index is 1.90. The van der Waals surface area contributed by atoms with Gasteiger partial charge in [0.2, 0.25) is 0 Å². The molecule has 3 rings (SSSR count). The Kier molecular flexibility index (Phi) is 4.46. The summed E-state index contributed by atoms with van der Waals surface area (Å²) >= 11 is 15.7. The van der Waals surface area contributed by atoms with E-state index in [1.165, 1.54) is 5.56 Å². The molecule has 1 atom stereocenters. The highest BCUT2D eigenvalue weighted by Gasteiger charge is 2.20. The highest BCUT2D eigenvalue weighted by molar-refractivity contribution is 9.10. The molecular formula is C16H14BrCl2NO. The van der Waals surface area contributed by atoms with Gasteiger partial charge < -0.3 is 10.5 Å². The second kappa shape index (κ2) is 6.17. The average molecular weight is 387 g/mol. The third-order valence-electron chi connectivity index (χ3n) is 3.63. The summed E-state index contributed by atoms with van der Waals surface area (Å²) in [5.41, 5.74) is 9.60. The topological polar surface area (TPSA) is 35.2 Å². The van der Waals surface area contributed by atoms with E-state index in [9.17, 15) is 0 Å². The number of rotatable bonds is 3. The Hall–Kier alpha value is -0.740. The van der Waals surface area contributed by atoms with Gasteiger partial charge in [0, 0.05) is 27.0 Å². The smallest absolute Gasteiger partial charge is 0.125 e. The van der Waals surface area contributed by atoms with E-state index in [1.54, 1.807) is 0 Å². The summed E-state index contributed by atoms with van der Waals surface area (Å²) in [6.07, 6.45) is 1.58. The number of nitrogens with two attached hydrogens (primary N) is 1. The fraction of sp³-hybridized carbons (Fsp3) is 0.250. The second-order valence-corrected chi connectivity index (χ2v) is 6.86. The van der Waals surface area contributed by atoms with Crippen molar-refractivity contribution in [1.82, 2.24) is 0 Å². The lowest BCUT2D eigenvalue weighted by Crippen LogP contribution is -2.14. The predicted molar refractivity (Wildman–Crippen MR) is 90.4 cm³/mol. The molecule has 0 radical (unpaired) electrons. The predicted octanol–water partition coefficient (Wildman–Crippen LogP) is 4.93. The van der Waals surface area contributed by atoms with Crippen molar-refractivity contribution in [1.29, 1.82) is 0 Å². The zero-order valence-corrected chi connectivity index (χ0v) is 14.3. The van der Waals surface area contributed by atoms with Crippen LogP contribution in [0.25, 0.3) is 0 Å². The van der Waals surface area contributed by atoms with Crippen LogP contribution in [0.5, 0.6) is 5.75 Å². The minimum atomic E-state index is -0.150. The number of halogens is 3. The fourth-order valence-corrected chi connectivity index (χ4v) is 3.89. The zero-order chi connectivity index (χ0) is 15.0. The lowest BCUT2D eigenvalue weighted by molar-refractivity contribution is 0.352. The van der Waals surface area contributed by atoms with Gasteiger partial charge in [-0.1, -0.05) is 45.2 Å². The van der Waals surface area contributed by atoms with E-state index < -0.39 is 0 Å². The van der Waals surface area contributed by atoms with Crippen molar-refractivity contribution in [2.75, 3.05) is 6.61 Å². The van der Waals surface area contributed by atoms with Crippen LogP contribution in [-0.4, -0.2) is 6.61 Å². The van der Waals surface area contributed by atoms with Crippen LogP contribution in [0, 0.1) is 0 Å². The Morgan fingerprint density at radius 2 is 2.00 bits per heavy atom. The molecule has 0 spiro atoms. The first kappa shape index (κ1) is 15.2. The first-order chi connectivity index (χ1) is 10.0. The van der Waals surface area contributed by atoms with Crippen LogP contribution in [0.15, 0.2) is 34.8 Å². The molecule has 0 aromatic heterocycles. The van der Waals surface area contributed by atoms with Gasteiger partial charge in [0.05, 0.1) is 6.61 Å². The van der Waals surface area contributed by atoms with E-state index >= 15 is 0 Å². The largest absolute Gasteiger partial charge is 0.493 e. The van der Waals surface area contributed by atoms with E-state index in [1.807, 2.05) is 30.3 Å². The van der Waals surface area contributed by atoms with E-state index in [2.05, 4.69) is 15.9 Å². The third kappa shape index (κ3) is 3.21. The molecule has 2 aromatic carbocycles. The van der Waals surface area contributed by atoms with Gasteiger partial charge in [0.25, 0.3) is 0 Å². The second-order valence-electron chi connectivity index (χ2n) is 5.13. The van der Waals surface area contributed by atoms with Gasteiger partial charge in [0.1, 0.15) is 5.75 Å². The summed E-state index contributed by atoms with van der Waals surface area (Å²) in [4.78, 5) is 0. The van der Waals surface area contributed by atoms with Crippen LogP contribution in [-0.2, 0) is 12.8 Å². The molecule has 0 saturated carbocycles. The summed E-state index contributed by atoms with van der Waals surface area (Å²) < 4.78 is 6.64. The molecule has 0 amide bonds. The molecule has 5 heteroatoms. The molecule has 1 aliphatic heterocycles. The number of hydrogen-bond donors (Lipinski definition) is 1. The van der Waals surface area contributed by atoms with E-state index in [-0.39, 0.29) is 6.04 Å². The van der Waals surface area contributed by atoms with E-state index in [0.717, 1.165) is 32.8 Å². The maximum absolute atomic E-state index is 6.35. The van der Waals surface area contributed by atoms with Crippen molar-refractivity contribution >= 4 is 39.1 Å². The van der Waals surface area contributed by atoms with Crippen LogP contribution >= 0.6 is 39.1 Å². The normalized spacial score (nSPS) is 14.7. The van der Waals surface area contributed by atoms with Crippen molar-refractivity contribution in [3.05, 3.63) is 61.5 Å². The summed E-state index contributed by atoms with van der Waals surface area (Å²) in [6, 6.07) is 9.41.